The van der Waals surface area contributed by atoms with Gasteiger partial charge >= 0.3 is 6.18 Å². The third kappa shape index (κ3) is 4.45. The molecule has 1 aliphatic rings. The van der Waals surface area contributed by atoms with Gasteiger partial charge in [0, 0.05) is 18.9 Å². The number of amides is 1. The second-order valence-electron chi connectivity index (χ2n) is 6.67. The van der Waals surface area contributed by atoms with Crippen LogP contribution in [0.3, 0.4) is 0 Å². The summed E-state index contributed by atoms with van der Waals surface area (Å²) in [5.41, 5.74) is 5.25. The van der Waals surface area contributed by atoms with Crippen molar-refractivity contribution in [3.8, 4) is 0 Å². The number of imidazole rings is 1. The van der Waals surface area contributed by atoms with Gasteiger partial charge in [0.2, 0.25) is 5.91 Å². The second kappa shape index (κ2) is 7.92. The highest BCUT2D eigenvalue weighted by atomic mass is 35.5. The normalized spacial score (nSPS) is 20.7. The molecule has 2 unspecified atom stereocenters. The zero-order valence-corrected chi connectivity index (χ0v) is 16.3. The lowest BCUT2D eigenvalue weighted by molar-refractivity contribution is -0.141. The Kier molecular flexibility index (Phi) is 6.24. The molecule has 2 heterocycles. The molecule has 2 rings (SSSR count). The standard InChI is InChI=1S/C17H23ClF3N5O/c1-9(2)15(23-10(3)18)13(7-22)25-6-5-12(16(25)27)26-8-14(17(19,20)21)24-11(26)4/h7-10,12H,5-6,22H2,1-4H3. The minimum absolute atomic E-state index is 0.0420. The van der Waals surface area contributed by atoms with E-state index in [1.54, 1.807) is 6.92 Å². The van der Waals surface area contributed by atoms with Gasteiger partial charge in [-0.2, -0.15) is 13.2 Å². The molecule has 1 amide bonds. The van der Waals surface area contributed by atoms with Gasteiger partial charge in [0.1, 0.15) is 17.4 Å². The molecule has 0 aliphatic carbocycles. The van der Waals surface area contributed by atoms with E-state index in [2.05, 4.69) is 9.98 Å². The molecule has 10 heteroatoms. The number of carbonyl (C=O) groups excluding carboxylic acids is 1. The Balaban J connectivity index is 2.35. The second-order valence-corrected chi connectivity index (χ2v) is 7.30. The number of allylic oxidation sites excluding steroid dienone is 1. The minimum atomic E-state index is -4.56. The quantitative estimate of drug-likeness (QED) is 0.463. The lowest BCUT2D eigenvalue weighted by Gasteiger charge is -2.24. The Labute approximate surface area is 160 Å². The van der Waals surface area contributed by atoms with Crippen LogP contribution in [0.25, 0.3) is 0 Å². The van der Waals surface area contributed by atoms with Crippen LogP contribution in [0.4, 0.5) is 13.2 Å². The molecule has 1 fully saturated rings. The van der Waals surface area contributed by atoms with Crippen molar-refractivity contribution < 1.29 is 18.0 Å². The summed E-state index contributed by atoms with van der Waals surface area (Å²) in [6.07, 6.45) is -2.05. The molecule has 1 aromatic heterocycles. The molecule has 2 N–H and O–H groups in total. The number of alkyl halides is 4. The summed E-state index contributed by atoms with van der Waals surface area (Å²) in [5, 5.41) is 0. The van der Waals surface area contributed by atoms with E-state index in [4.69, 9.17) is 17.3 Å². The number of nitrogens with two attached hydrogens (primary N) is 1. The molecule has 1 aromatic rings. The first-order valence-corrected chi connectivity index (χ1v) is 8.99. The Bertz CT molecular complexity index is 767. The number of aryl methyl sites for hydroxylation is 1. The molecule has 0 aromatic carbocycles. The van der Waals surface area contributed by atoms with Gasteiger partial charge in [-0.3, -0.25) is 9.79 Å². The Morgan fingerprint density at radius 1 is 1.44 bits per heavy atom. The van der Waals surface area contributed by atoms with E-state index in [0.717, 1.165) is 6.20 Å². The Hall–Kier alpha value is -2.03. The third-order valence-corrected chi connectivity index (χ3v) is 4.39. The Morgan fingerprint density at radius 3 is 2.52 bits per heavy atom. The van der Waals surface area contributed by atoms with Crippen molar-refractivity contribution in [2.45, 2.75) is 51.8 Å². The van der Waals surface area contributed by atoms with Crippen molar-refractivity contribution in [1.82, 2.24) is 14.5 Å². The number of likely N-dealkylation sites (tertiary alicyclic amines) is 1. The molecule has 1 aliphatic heterocycles. The first-order valence-electron chi connectivity index (χ1n) is 8.55. The molecule has 0 radical (unpaired) electrons. The summed E-state index contributed by atoms with van der Waals surface area (Å²) in [6, 6.07) is -0.773. The number of rotatable bonds is 5. The van der Waals surface area contributed by atoms with Crippen LogP contribution < -0.4 is 5.73 Å². The molecule has 6 nitrogen and oxygen atoms in total. The summed E-state index contributed by atoms with van der Waals surface area (Å²) in [5.74, 6) is -0.260. The average molecular weight is 406 g/mol. The average Bonchev–Trinajstić information content (AvgIpc) is 3.10. The third-order valence-electron chi connectivity index (χ3n) is 4.30. The van der Waals surface area contributed by atoms with Crippen LogP contribution >= 0.6 is 11.6 Å². The molecular formula is C17H23ClF3N5O. The van der Waals surface area contributed by atoms with E-state index in [-0.39, 0.29) is 17.6 Å². The molecule has 27 heavy (non-hydrogen) atoms. The van der Waals surface area contributed by atoms with Crippen molar-refractivity contribution >= 4 is 23.2 Å². The van der Waals surface area contributed by atoms with Crippen LogP contribution in [-0.2, 0) is 11.0 Å². The zero-order valence-electron chi connectivity index (χ0n) is 15.6. The minimum Gasteiger partial charge on any atom is -0.403 e. The van der Waals surface area contributed by atoms with Crippen molar-refractivity contribution in [2.75, 3.05) is 6.54 Å². The lowest BCUT2D eigenvalue weighted by atomic mass is 10.0. The number of aliphatic imine (C=N–C) groups is 1. The summed E-state index contributed by atoms with van der Waals surface area (Å²) in [6.45, 7) is 7.25. The summed E-state index contributed by atoms with van der Waals surface area (Å²) in [4.78, 5) is 22.3. The number of aromatic nitrogens is 2. The highest BCUT2D eigenvalue weighted by Crippen LogP contribution is 2.33. The van der Waals surface area contributed by atoms with Crippen LogP contribution in [-0.4, -0.2) is 38.1 Å². The number of halogens is 4. The summed E-state index contributed by atoms with van der Waals surface area (Å²) in [7, 11) is 0. The van der Waals surface area contributed by atoms with Gasteiger partial charge in [0.25, 0.3) is 0 Å². The smallest absolute Gasteiger partial charge is 0.403 e. The molecule has 2 atom stereocenters. The molecule has 150 valence electrons. The fraction of sp³-hybridized carbons (Fsp3) is 0.588. The van der Waals surface area contributed by atoms with Crippen molar-refractivity contribution in [2.24, 2.45) is 16.6 Å². The highest BCUT2D eigenvalue weighted by molar-refractivity contribution is 6.21. The van der Waals surface area contributed by atoms with E-state index < -0.39 is 23.4 Å². The van der Waals surface area contributed by atoms with E-state index in [9.17, 15) is 18.0 Å². The van der Waals surface area contributed by atoms with E-state index in [1.807, 2.05) is 13.8 Å². The molecular weight excluding hydrogens is 383 g/mol. The number of hydrogen-bond acceptors (Lipinski definition) is 4. The maximum absolute atomic E-state index is 12.9. The number of carbonyl (C=O) groups is 1. The SMILES string of the molecule is Cc1nc(C(F)(F)F)cn1C1CCN(C(=CN)C(=NC(C)Cl)C(C)C)C1=O. The van der Waals surface area contributed by atoms with Crippen molar-refractivity contribution in [1.29, 1.82) is 0 Å². The van der Waals surface area contributed by atoms with E-state index in [1.165, 1.54) is 22.6 Å². The molecule has 1 saturated heterocycles. The fourth-order valence-corrected chi connectivity index (χ4v) is 3.22. The maximum atomic E-state index is 12.9. The predicted octanol–water partition coefficient (Wildman–Crippen LogP) is 3.47. The fourth-order valence-electron chi connectivity index (χ4n) is 3.12. The van der Waals surface area contributed by atoms with Crippen LogP contribution in [0.15, 0.2) is 23.1 Å². The molecule has 0 spiro atoms. The maximum Gasteiger partial charge on any atom is 0.434 e. The highest BCUT2D eigenvalue weighted by Gasteiger charge is 2.40. The van der Waals surface area contributed by atoms with Gasteiger partial charge < -0.3 is 15.2 Å². The summed E-state index contributed by atoms with van der Waals surface area (Å²) < 4.78 is 40.0. The van der Waals surface area contributed by atoms with E-state index >= 15 is 0 Å². The predicted molar refractivity (Wildman–Crippen MR) is 97.2 cm³/mol. The molecule has 0 saturated carbocycles. The van der Waals surface area contributed by atoms with Gasteiger partial charge in [-0.25, -0.2) is 4.98 Å². The van der Waals surface area contributed by atoms with Crippen molar-refractivity contribution in [3.63, 3.8) is 0 Å². The first kappa shape index (κ1) is 21.3. The molecule has 0 bridgehead atoms. The van der Waals surface area contributed by atoms with Gasteiger partial charge in [-0.15, -0.1) is 0 Å². The van der Waals surface area contributed by atoms with Gasteiger partial charge in [0.05, 0.1) is 11.4 Å². The largest absolute Gasteiger partial charge is 0.434 e. The van der Waals surface area contributed by atoms with Crippen LogP contribution in [0.1, 0.15) is 44.8 Å². The van der Waals surface area contributed by atoms with Gasteiger partial charge in [0.15, 0.2) is 5.69 Å². The van der Waals surface area contributed by atoms with Crippen LogP contribution in [0, 0.1) is 12.8 Å². The summed E-state index contributed by atoms with van der Waals surface area (Å²) >= 11 is 5.97. The Morgan fingerprint density at radius 2 is 2.07 bits per heavy atom. The van der Waals surface area contributed by atoms with Crippen LogP contribution in [0.2, 0.25) is 0 Å². The number of nitrogens with zero attached hydrogens (tertiary/aromatic N) is 4. The van der Waals surface area contributed by atoms with Crippen LogP contribution in [0.5, 0.6) is 0 Å². The lowest BCUT2D eigenvalue weighted by Crippen LogP contribution is -2.34. The van der Waals surface area contributed by atoms with Gasteiger partial charge in [-0.05, 0) is 26.2 Å². The number of hydrogen-bond donors (Lipinski definition) is 1. The zero-order chi connectivity index (χ0) is 20.5. The topological polar surface area (TPSA) is 76.5 Å². The van der Waals surface area contributed by atoms with E-state index in [0.29, 0.717) is 24.4 Å². The van der Waals surface area contributed by atoms with Gasteiger partial charge in [-0.1, -0.05) is 25.4 Å². The van der Waals surface area contributed by atoms with Crippen molar-refractivity contribution in [3.05, 3.63) is 29.6 Å². The monoisotopic (exact) mass is 405 g/mol. The first-order chi connectivity index (χ1) is 12.5.